The van der Waals surface area contributed by atoms with Crippen LogP contribution in [-0.2, 0) is 0 Å². The lowest BCUT2D eigenvalue weighted by atomic mass is 9.94. The summed E-state index contributed by atoms with van der Waals surface area (Å²) in [6.07, 6.45) is 7.17. The van der Waals surface area contributed by atoms with Crippen molar-refractivity contribution in [3.8, 4) is 0 Å². The van der Waals surface area contributed by atoms with Crippen LogP contribution in [0, 0.1) is 18.7 Å². The Labute approximate surface area is 177 Å². The molecule has 0 bridgehead atoms. The lowest BCUT2D eigenvalue weighted by molar-refractivity contribution is 0.473. The fraction of sp³-hybridized carbons (Fsp3) is 0.409. The van der Waals surface area contributed by atoms with E-state index in [-0.39, 0.29) is 17.9 Å². The van der Waals surface area contributed by atoms with Crippen LogP contribution < -0.4 is 27.7 Å². The Morgan fingerprint density at radius 1 is 1.26 bits per heavy atom. The summed E-state index contributed by atoms with van der Waals surface area (Å²) in [5.74, 6) is 5.39. The second-order valence-corrected chi connectivity index (χ2v) is 8.62. The molecular formula is C22H25FN6O2. The Bertz CT molecular complexity index is 1280. The fourth-order valence-corrected chi connectivity index (χ4v) is 4.88. The summed E-state index contributed by atoms with van der Waals surface area (Å²) in [7, 11) is 0. The van der Waals surface area contributed by atoms with Gasteiger partial charge in [0.25, 0.3) is 5.56 Å². The zero-order valence-electron chi connectivity index (χ0n) is 17.3. The Balaban J connectivity index is 1.58. The first kappa shape index (κ1) is 19.7. The predicted octanol–water partition coefficient (Wildman–Crippen LogP) is 1.42. The van der Waals surface area contributed by atoms with Gasteiger partial charge in [0.05, 0.1) is 17.4 Å². The van der Waals surface area contributed by atoms with Crippen LogP contribution >= 0.6 is 0 Å². The van der Waals surface area contributed by atoms with Gasteiger partial charge < -0.3 is 16.5 Å². The van der Waals surface area contributed by atoms with Gasteiger partial charge in [0.15, 0.2) is 5.82 Å². The van der Waals surface area contributed by atoms with Gasteiger partial charge in [0.1, 0.15) is 0 Å². The molecule has 2 atom stereocenters. The molecular weight excluding hydrogens is 399 g/mol. The van der Waals surface area contributed by atoms with Crippen molar-refractivity contribution in [1.82, 2.24) is 14.1 Å². The van der Waals surface area contributed by atoms with Crippen molar-refractivity contribution in [1.29, 1.82) is 0 Å². The van der Waals surface area contributed by atoms with E-state index >= 15 is 4.39 Å². The Morgan fingerprint density at radius 2 is 2.03 bits per heavy atom. The van der Waals surface area contributed by atoms with Gasteiger partial charge in [0.2, 0.25) is 0 Å². The molecule has 9 heteroatoms. The summed E-state index contributed by atoms with van der Waals surface area (Å²) in [5, 5.41) is 0. The SMILES string of the molecule is Cc1c(N2CCC(C(N)c3cccnc3)C2)c(F)cn2c(=O)n(N)c(=O)c(C3CC3)c12. The van der Waals surface area contributed by atoms with E-state index in [9.17, 15) is 9.59 Å². The van der Waals surface area contributed by atoms with Crippen LogP contribution in [0.25, 0.3) is 5.52 Å². The van der Waals surface area contributed by atoms with Gasteiger partial charge in [-0.25, -0.2) is 9.18 Å². The molecule has 5 rings (SSSR count). The minimum absolute atomic E-state index is 0.0558. The minimum atomic E-state index is -0.740. The van der Waals surface area contributed by atoms with Crippen LogP contribution in [0.5, 0.6) is 0 Å². The maximum absolute atomic E-state index is 15.3. The van der Waals surface area contributed by atoms with E-state index in [4.69, 9.17) is 11.6 Å². The molecule has 0 aromatic carbocycles. The standard InChI is InChI=1S/C22H25FN6O2/c1-12-19(27-8-6-15(10-27)18(24)14-3-2-7-26-9-14)16(23)11-28-20(12)17(13-4-5-13)21(30)29(25)22(28)31/h2-3,7,9,11,13,15,18H,4-6,8,10,24-25H2,1H3. The number of pyridine rings is 2. The monoisotopic (exact) mass is 424 g/mol. The maximum atomic E-state index is 15.3. The lowest BCUT2D eigenvalue weighted by Crippen LogP contribution is -2.44. The highest BCUT2D eigenvalue weighted by molar-refractivity contribution is 5.72. The number of nitrogens with zero attached hydrogens (tertiary/aromatic N) is 4. The average Bonchev–Trinajstić information content (AvgIpc) is 3.49. The number of aromatic nitrogens is 3. The number of hydrogen-bond donors (Lipinski definition) is 2. The van der Waals surface area contributed by atoms with Crippen molar-refractivity contribution in [3.05, 3.63) is 74.1 Å². The molecule has 3 aromatic heterocycles. The van der Waals surface area contributed by atoms with E-state index in [1.165, 1.54) is 4.40 Å². The van der Waals surface area contributed by atoms with Gasteiger partial charge in [-0.05, 0) is 49.7 Å². The number of nitrogen functional groups attached to an aromatic ring is 1. The molecule has 162 valence electrons. The van der Waals surface area contributed by atoms with Crippen LogP contribution in [0.15, 0.2) is 40.3 Å². The summed E-state index contributed by atoms with van der Waals surface area (Å²) >= 11 is 0. The van der Waals surface area contributed by atoms with Crippen molar-refractivity contribution in [2.45, 2.75) is 38.1 Å². The molecule has 4 N–H and O–H groups in total. The van der Waals surface area contributed by atoms with Crippen LogP contribution in [0.2, 0.25) is 0 Å². The van der Waals surface area contributed by atoms with E-state index in [1.807, 2.05) is 17.0 Å². The quantitative estimate of drug-likeness (QED) is 0.613. The summed E-state index contributed by atoms with van der Waals surface area (Å²) in [6, 6.07) is 3.61. The number of nitrogens with two attached hydrogens (primary N) is 2. The summed E-state index contributed by atoms with van der Waals surface area (Å²) < 4.78 is 17.0. The molecule has 3 aromatic rings. The smallest absolute Gasteiger partial charge is 0.354 e. The van der Waals surface area contributed by atoms with Crippen molar-refractivity contribution < 1.29 is 4.39 Å². The van der Waals surface area contributed by atoms with Gasteiger partial charge in [-0.1, -0.05) is 6.07 Å². The first-order valence-corrected chi connectivity index (χ1v) is 10.5. The van der Waals surface area contributed by atoms with Gasteiger partial charge in [-0.15, -0.1) is 0 Å². The predicted molar refractivity (Wildman–Crippen MR) is 116 cm³/mol. The molecule has 1 aliphatic heterocycles. The van der Waals surface area contributed by atoms with E-state index in [2.05, 4.69) is 4.98 Å². The van der Waals surface area contributed by atoms with Gasteiger partial charge in [0, 0.05) is 42.7 Å². The molecule has 2 aliphatic rings. The first-order chi connectivity index (χ1) is 14.9. The van der Waals surface area contributed by atoms with Crippen molar-refractivity contribution in [2.75, 3.05) is 23.8 Å². The molecule has 2 fully saturated rings. The molecule has 1 saturated carbocycles. The highest BCUT2D eigenvalue weighted by Crippen LogP contribution is 2.42. The zero-order valence-corrected chi connectivity index (χ0v) is 17.3. The molecule has 1 aliphatic carbocycles. The lowest BCUT2D eigenvalue weighted by Gasteiger charge is -2.25. The van der Waals surface area contributed by atoms with E-state index < -0.39 is 17.1 Å². The largest absolute Gasteiger partial charge is 0.368 e. The van der Waals surface area contributed by atoms with Crippen LogP contribution in [0.3, 0.4) is 0 Å². The second kappa shape index (κ2) is 7.19. The highest BCUT2D eigenvalue weighted by atomic mass is 19.1. The van der Waals surface area contributed by atoms with Gasteiger partial charge in [-0.3, -0.25) is 14.2 Å². The summed E-state index contributed by atoms with van der Waals surface area (Å²) in [6.45, 7) is 3.00. The number of aryl methyl sites for hydroxylation is 1. The summed E-state index contributed by atoms with van der Waals surface area (Å²) in [5.41, 5.74) is 8.19. The van der Waals surface area contributed by atoms with Crippen LogP contribution in [-0.4, -0.2) is 27.2 Å². The molecule has 4 heterocycles. The molecule has 8 nitrogen and oxygen atoms in total. The maximum Gasteiger partial charge on any atom is 0.354 e. The molecule has 0 radical (unpaired) electrons. The molecule has 0 spiro atoms. The molecule has 2 unspecified atom stereocenters. The number of halogens is 1. The number of fused-ring (bicyclic) bond motifs is 1. The minimum Gasteiger partial charge on any atom is -0.368 e. The van der Waals surface area contributed by atoms with Crippen LogP contribution in [0.4, 0.5) is 10.1 Å². The first-order valence-electron chi connectivity index (χ1n) is 10.5. The third-order valence-corrected chi connectivity index (χ3v) is 6.64. The molecule has 0 amide bonds. The number of hydrogen-bond acceptors (Lipinski definition) is 6. The topological polar surface area (TPSA) is 112 Å². The van der Waals surface area contributed by atoms with Gasteiger partial charge >= 0.3 is 5.69 Å². The van der Waals surface area contributed by atoms with Gasteiger partial charge in [-0.2, -0.15) is 4.68 Å². The zero-order chi connectivity index (χ0) is 21.9. The van der Waals surface area contributed by atoms with E-state index in [0.717, 1.165) is 31.0 Å². The second-order valence-electron chi connectivity index (χ2n) is 8.62. The highest BCUT2D eigenvalue weighted by Gasteiger charge is 2.34. The third-order valence-electron chi connectivity index (χ3n) is 6.64. The number of rotatable bonds is 4. The van der Waals surface area contributed by atoms with Crippen LogP contribution in [0.1, 0.15) is 47.9 Å². The third kappa shape index (κ3) is 3.11. The van der Waals surface area contributed by atoms with Crippen molar-refractivity contribution in [2.24, 2.45) is 11.7 Å². The Kier molecular flexibility index (Phi) is 4.58. The number of anilines is 1. The van der Waals surface area contributed by atoms with Crippen molar-refractivity contribution >= 4 is 11.2 Å². The van der Waals surface area contributed by atoms with E-state index in [0.29, 0.717) is 40.1 Å². The van der Waals surface area contributed by atoms with E-state index in [1.54, 1.807) is 19.3 Å². The molecule has 31 heavy (non-hydrogen) atoms. The fourth-order valence-electron chi connectivity index (χ4n) is 4.88. The Hall–Kier alpha value is -3.20. The summed E-state index contributed by atoms with van der Waals surface area (Å²) in [4.78, 5) is 31.4. The Morgan fingerprint density at radius 3 is 2.71 bits per heavy atom. The molecule has 1 saturated heterocycles. The van der Waals surface area contributed by atoms with Crippen molar-refractivity contribution in [3.63, 3.8) is 0 Å². The average molecular weight is 424 g/mol. The normalized spacial score (nSPS) is 19.8.